The molecule has 12 heteroatoms. The Morgan fingerprint density at radius 2 is 0.962 bits per heavy atom. The zero-order valence-corrected chi connectivity index (χ0v) is 16.9. The maximum atomic E-state index is 11.7. The van der Waals surface area contributed by atoms with Crippen molar-refractivity contribution in [1.29, 1.82) is 0 Å². The van der Waals surface area contributed by atoms with E-state index in [2.05, 4.69) is 0 Å². The summed E-state index contributed by atoms with van der Waals surface area (Å²) in [5, 5.41) is 0. The lowest BCUT2D eigenvalue weighted by Gasteiger charge is -2.15. The summed E-state index contributed by atoms with van der Waals surface area (Å²) in [6, 6.07) is 4.69. The van der Waals surface area contributed by atoms with Gasteiger partial charge in [0.05, 0.1) is 0 Å². The maximum Gasteiger partial charge on any atom is 0.295 e. The number of nitrogens with two attached hydrogens (primary N) is 2. The van der Waals surface area contributed by atoms with Crippen molar-refractivity contribution in [2.45, 2.75) is 23.6 Å². The van der Waals surface area contributed by atoms with Gasteiger partial charge in [0, 0.05) is 22.5 Å². The molecule has 0 atom stereocenters. The van der Waals surface area contributed by atoms with Crippen molar-refractivity contribution in [3.8, 4) is 11.1 Å². The van der Waals surface area contributed by atoms with E-state index in [0.717, 1.165) is 12.1 Å². The zero-order chi connectivity index (χ0) is 18.4. The van der Waals surface area contributed by atoms with Gasteiger partial charge in [-0.2, -0.15) is 16.8 Å². The summed E-state index contributed by atoms with van der Waals surface area (Å²) in [6.07, 6.45) is 0. The molecule has 0 unspecified atom stereocenters. The lowest BCUT2D eigenvalue weighted by Crippen LogP contribution is -2.08. The molecule has 0 aliphatic carbocycles. The van der Waals surface area contributed by atoms with Crippen molar-refractivity contribution in [3.63, 3.8) is 0 Å². The van der Waals surface area contributed by atoms with Gasteiger partial charge in [0.2, 0.25) is 0 Å². The highest BCUT2D eigenvalue weighted by molar-refractivity contribution is 7.86. The van der Waals surface area contributed by atoms with E-state index in [1.54, 1.807) is 13.8 Å². The molecule has 6 N–H and O–H groups in total. The third-order valence-corrected chi connectivity index (χ3v) is 5.37. The first-order chi connectivity index (χ1) is 10.8. The number of anilines is 2. The van der Waals surface area contributed by atoms with Crippen LogP contribution in [0.15, 0.2) is 34.1 Å². The summed E-state index contributed by atoms with van der Waals surface area (Å²) in [5.41, 5.74) is 12.3. The number of hydrogen-bond acceptors (Lipinski definition) is 6. The van der Waals surface area contributed by atoms with Crippen LogP contribution in [0.4, 0.5) is 11.4 Å². The molecule has 0 heterocycles. The van der Waals surface area contributed by atoms with Gasteiger partial charge in [0.15, 0.2) is 0 Å². The minimum atomic E-state index is -4.69. The predicted molar refractivity (Wildman–Crippen MR) is 104 cm³/mol. The van der Waals surface area contributed by atoms with Gasteiger partial charge in [-0.3, -0.25) is 9.11 Å². The molecule has 8 nitrogen and oxygen atoms in total. The average Bonchev–Trinajstić information content (AvgIpc) is 2.41. The van der Waals surface area contributed by atoms with Gasteiger partial charge in [-0.15, -0.1) is 24.8 Å². The van der Waals surface area contributed by atoms with E-state index < -0.39 is 30.0 Å². The quantitative estimate of drug-likeness (QED) is 0.414. The van der Waals surface area contributed by atoms with Gasteiger partial charge in [0.1, 0.15) is 9.79 Å². The normalized spacial score (nSPS) is 11.4. The van der Waals surface area contributed by atoms with Crippen molar-refractivity contribution < 1.29 is 25.9 Å². The molecule has 2 aromatic carbocycles. The Kier molecular flexibility index (Phi) is 7.51. The Bertz CT molecular complexity index is 968. The van der Waals surface area contributed by atoms with Crippen LogP contribution in [-0.4, -0.2) is 25.9 Å². The molecular weight excluding hydrogens is 427 g/mol. The van der Waals surface area contributed by atoms with E-state index in [1.807, 2.05) is 0 Å². The van der Waals surface area contributed by atoms with E-state index >= 15 is 0 Å². The monoisotopic (exact) mass is 444 g/mol. The standard InChI is InChI=1S/C14H16N2O6S2.2ClH/c1-7-3-9(13(5-11(7)15)23(17,18)19)10-4-8(2)12(16)6-14(10)24(20,21)22;;/h3-6H,15-16H2,1-2H3,(H,17,18,19)(H,20,21,22);2*1H. The highest BCUT2D eigenvalue weighted by atomic mass is 35.5. The molecule has 0 aliphatic heterocycles. The smallest absolute Gasteiger partial charge is 0.295 e. The molecule has 2 aromatic rings. The van der Waals surface area contributed by atoms with Crippen molar-refractivity contribution in [2.75, 3.05) is 11.5 Å². The molecule has 0 saturated heterocycles. The molecule has 0 aromatic heterocycles. The highest BCUT2D eigenvalue weighted by Crippen LogP contribution is 2.37. The number of halogens is 2. The van der Waals surface area contributed by atoms with E-state index in [1.165, 1.54) is 12.1 Å². The van der Waals surface area contributed by atoms with E-state index in [-0.39, 0.29) is 47.3 Å². The molecule has 0 spiro atoms. The number of rotatable bonds is 3. The van der Waals surface area contributed by atoms with Crippen LogP contribution in [-0.2, 0) is 20.2 Å². The van der Waals surface area contributed by atoms with Gasteiger partial charge < -0.3 is 11.5 Å². The fourth-order valence-electron chi connectivity index (χ4n) is 2.26. The summed E-state index contributed by atoms with van der Waals surface area (Å²) in [5.74, 6) is 0. The fourth-order valence-corrected chi connectivity index (χ4v) is 3.70. The first-order valence-corrected chi connectivity index (χ1v) is 9.46. The molecule has 26 heavy (non-hydrogen) atoms. The van der Waals surface area contributed by atoms with Crippen LogP contribution in [0.1, 0.15) is 11.1 Å². The van der Waals surface area contributed by atoms with Crippen LogP contribution in [0.25, 0.3) is 11.1 Å². The fraction of sp³-hybridized carbons (Fsp3) is 0.143. The van der Waals surface area contributed by atoms with Gasteiger partial charge >= 0.3 is 0 Å². The largest absolute Gasteiger partial charge is 0.398 e. The van der Waals surface area contributed by atoms with Crippen molar-refractivity contribution in [2.24, 2.45) is 0 Å². The molecule has 0 saturated carbocycles. The van der Waals surface area contributed by atoms with Crippen LogP contribution >= 0.6 is 24.8 Å². The summed E-state index contributed by atoms with van der Waals surface area (Å²) in [4.78, 5) is -1.14. The molecule has 0 aliphatic rings. The van der Waals surface area contributed by atoms with Gasteiger partial charge in [0.25, 0.3) is 20.2 Å². The summed E-state index contributed by atoms with van der Waals surface area (Å²) < 4.78 is 65.6. The van der Waals surface area contributed by atoms with Gasteiger partial charge in [-0.25, -0.2) is 0 Å². The Balaban J connectivity index is 0.00000312. The Morgan fingerprint density at radius 1 is 0.692 bits per heavy atom. The SMILES string of the molecule is Cc1cc(-c2cc(C)c(N)cc2S(=O)(=O)O)c(S(=O)(=O)O)cc1N.Cl.Cl. The number of aryl methyl sites for hydroxylation is 2. The highest BCUT2D eigenvalue weighted by Gasteiger charge is 2.25. The van der Waals surface area contributed by atoms with Crippen LogP contribution in [0, 0.1) is 13.8 Å². The number of nitrogen functional groups attached to an aromatic ring is 2. The van der Waals surface area contributed by atoms with E-state index in [0.29, 0.717) is 11.1 Å². The minimum absolute atomic E-state index is 0. The average molecular weight is 445 g/mol. The molecular formula is C14H18Cl2N2O6S2. The molecule has 0 fully saturated rings. The third kappa shape index (κ3) is 4.78. The second-order valence-corrected chi connectivity index (χ2v) is 8.14. The van der Waals surface area contributed by atoms with Gasteiger partial charge in [-0.1, -0.05) is 0 Å². The number of hydrogen-bond donors (Lipinski definition) is 4. The predicted octanol–water partition coefficient (Wildman–Crippen LogP) is 2.47. The Labute approximate surface area is 163 Å². The molecule has 0 bridgehead atoms. The third-order valence-electron chi connectivity index (χ3n) is 3.58. The van der Waals surface area contributed by atoms with Crippen molar-refractivity contribution in [3.05, 3.63) is 35.4 Å². The Hall–Kier alpha value is -1.56. The second kappa shape index (κ2) is 7.99. The molecule has 0 radical (unpaired) electrons. The first-order valence-electron chi connectivity index (χ1n) is 6.58. The lowest BCUT2D eigenvalue weighted by atomic mass is 10.00. The molecule has 0 amide bonds. The van der Waals surface area contributed by atoms with Crippen molar-refractivity contribution in [1.82, 2.24) is 0 Å². The number of benzene rings is 2. The molecule has 2 rings (SSSR count). The zero-order valence-electron chi connectivity index (χ0n) is 13.6. The van der Waals surface area contributed by atoms with Crippen molar-refractivity contribution >= 4 is 56.4 Å². The van der Waals surface area contributed by atoms with Crippen LogP contribution in [0.3, 0.4) is 0 Å². The first kappa shape index (κ1) is 24.4. The topological polar surface area (TPSA) is 161 Å². The van der Waals surface area contributed by atoms with Gasteiger partial charge in [-0.05, 0) is 49.2 Å². The van der Waals surface area contributed by atoms with Crippen LogP contribution in [0.2, 0.25) is 0 Å². The van der Waals surface area contributed by atoms with E-state index in [4.69, 9.17) is 11.5 Å². The minimum Gasteiger partial charge on any atom is -0.398 e. The second-order valence-electron chi connectivity index (χ2n) is 5.36. The molecule has 146 valence electrons. The lowest BCUT2D eigenvalue weighted by molar-refractivity contribution is 0.480. The van der Waals surface area contributed by atoms with Crippen LogP contribution in [0.5, 0.6) is 0 Å². The summed E-state index contributed by atoms with van der Waals surface area (Å²) >= 11 is 0. The maximum absolute atomic E-state index is 11.7. The summed E-state index contributed by atoms with van der Waals surface area (Å²) in [6.45, 7) is 3.17. The van der Waals surface area contributed by atoms with E-state index in [9.17, 15) is 25.9 Å². The van der Waals surface area contributed by atoms with Crippen LogP contribution < -0.4 is 11.5 Å². The summed E-state index contributed by atoms with van der Waals surface area (Å²) in [7, 11) is -9.39. The Morgan fingerprint density at radius 3 is 1.19 bits per heavy atom.